The van der Waals surface area contributed by atoms with Gasteiger partial charge in [0.2, 0.25) is 0 Å². The molecular weight excluding hydrogens is 1160 g/mol. The topological polar surface area (TPSA) is 469 Å². The molecule has 31 atom stereocenters. The third-order valence-corrected chi connectivity index (χ3v) is 18.9. The first kappa shape index (κ1) is 68.7. The van der Waals surface area contributed by atoms with Crippen molar-refractivity contribution in [3.63, 3.8) is 0 Å². The lowest BCUT2D eigenvalue weighted by Gasteiger charge is -2.53. The second-order valence-corrected chi connectivity index (χ2v) is 24.8. The lowest BCUT2D eigenvalue weighted by Crippen LogP contribution is -2.65. The molecule has 9 fully saturated rings. The van der Waals surface area contributed by atoms with Gasteiger partial charge in [-0.2, -0.15) is 0 Å². The summed E-state index contributed by atoms with van der Waals surface area (Å²) < 4.78 is 72.2. The Hall–Kier alpha value is -2.62. The molecule has 9 rings (SSSR count). The molecule has 87 heavy (non-hydrogen) atoms. The van der Waals surface area contributed by atoms with Crippen LogP contribution in [0.4, 0.5) is 0 Å². The Labute approximate surface area is 501 Å². The molecule has 30 heteroatoms. The third-order valence-electron chi connectivity index (χ3n) is 18.9. The smallest absolute Gasteiger partial charge is 0.330 e. The van der Waals surface area contributed by atoms with Crippen LogP contribution in [0.5, 0.6) is 0 Å². The van der Waals surface area contributed by atoms with Crippen LogP contribution < -0.4 is 0 Å². The number of carbonyl (C=O) groups excluding carboxylic acids is 2. The van der Waals surface area contributed by atoms with Crippen LogP contribution in [0.2, 0.25) is 0 Å². The summed E-state index contributed by atoms with van der Waals surface area (Å²) in [4.78, 5) is 26.9. The minimum atomic E-state index is -2.02. The van der Waals surface area contributed by atoms with Crippen LogP contribution in [0.15, 0.2) is 24.3 Å². The van der Waals surface area contributed by atoms with E-state index >= 15 is 0 Å². The van der Waals surface area contributed by atoms with Crippen molar-refractivity contribution < 1.29 is 148 Å². The number of esters is 2. The van der Waals surface area contributed by atoms with Crippen molar-refractivity contribution in [1.29, 1.82) is 0 Å². The number of hydrogen-bond donors (Lipinski definition) is 16. The summed E-state index contributed by atoms with van der Waals surface area (Å²) in [5.41, 5.74) is 0. The number of fused-ring (bicyclic) bond motifs is 1. The van der Waals surface area contributed by atoms with Gasteiger partial charge in [0.1, 0.15) is 92.1 Å². The number of methoxy groups -OCH3 is 1. The van der Waals surface area contributed by atoms with Crippen molar-refractivity contribution >= 4 is 11.9 Å². The zero-order valence-electron chi connectivity index (χ0n) is 48.3. The summed E-state index contributed by atoms with van der Waals surface area (Å²) in [7, 11) is 1.46. The summed E-state index contributed by atoms with van der Waals surface area (Å²) in [6.45, 7) is -2.62. The summed E-state index contributed by atoms with van der Waals surface area (Å²) in [6.07, 6.45) is -31.3. The van der Waals surface area contributed by atoms with Crippen LogP contribution in [-0.2, 0) is 66.4 Å². The van der Waals surface area contributed by atoms with Crippen LogP contribution in [0.3, 0.4) is 0 Å². The SMILES string of the molecule is COC1CC(C=CC(=O)OC2C(OC3C(OC4CC5C(OC6OC(CO)C(O)C(O)C6O)CC(O)CC5OC4C4CCC(O)C(O)C4)OC(COC(=O)C=CC4CCC(OC5OC(CO)C(O)C(O)C5O)CC4)C(O)C3O)OCC(O)C2O)CCC1O. The van der Waals surface area contributed by atoms with Gasteiger partial charge in [-0.25, -0.2) is 9.59 Å². The van der Waals surface area contributed by atoms with E-state index in [0.29, 0.717) is 51.4 Å². The van der Waals surface area contributed by atoms with E-state index in [0.717, 1.165) is 6.08 Å². The molecule has 4 aliphatic carbocycles. The van der Waals surface area contributed by atoms with Gasteiger partial charge >= 0.3 is 11.9 Å². The molecule has 5 saturated heterocycles. The molecule has 0 aromatic carbocycles. The first-order valence-electron chi connectivity index (χ1n) is 30.4. The van der Waals surface area contributed by atoms with Gasteiger partial charge in [0, 0.05) is 31.6 Å². The Morgan fingerprint density at radius 2 is 1.07 bits per heavy atom. The van der Waals surface area contributed by atoms with Crippen molar-refractivity contribution in [2.24, 2.45) is 23.7 Å². The minimum Gasteiger partial charge on any atom is -0.460 e. The van der Waals surface area contributed by atoms with Crippen LogP contribution in [0.1, 0.15) is 83.5 Å². The highest BCUT2D eigenvalue weighted by atomic mass is 16.8. The average Bonchev–Trinajstić information content (AvgIpc) is 1.01. The molecule has 0 spiro atoms. The Morgan fingerprint density at radius 3 is 1.72 bits per heavy atom. The van der Waals surface area contributed by atoms with Gasteiger partial charge < -0.3 is 139 Å². The second-order valence-electron chi connectivity index (χ2n) is 24.8. The number of ether oxygens (including phenoxy) is 12. The van der Waals surface area contributed by atoms with E-state index in [1.54, 1.807) is 12.2 Å². The Kier molecular flexibility index (Phi) is 24.4. The molecule has 9 aliphatic rings. The quantitative estimate of drug-likeness (QED) is 0.0423. The van der Waals surface area contributed by atoms with Crippen LogP contribution in [0.25, 0.3) is 0 Å². The Bertz CT molecular complexity index is 2220. The standard InChI is InChI=1S/C57H90O30/c1-76-35-14-24(4-10-30(35)62)6-13-41(66)86-52-42(67)32(64)21-78-56(52)87-53-48(73)45(70)39(22-77-40(65)12-5-23-2-8-27(9-3-23)79-54-49(74)46(71)43(68)37(19-58)83-54)85-57(53)82-36-18-28-33(80-51(36)25-7-11-29(61)31(63)15-25)16-26(60)17-34(28)81-55-50(75)47(72)44(69)38(20-59)84-55/h5-6,12-13,23-39,42-64,67-75H,2-4,7-11,14-22H2,1H3. The maximum atomic E-state index is 13.5. The first-order valence-corrected chi connectivity index (χ1v) is 30.4. The lowest BCUT2D eigenvalue weighted by atomic mass is 9.72. The number of allylic oxidation sites excluding steroid dienone is 2. The monoisotopic (exact) mass is 1250 g/mol. The van der Waals surface area contributed by atoms with Crippen LogP contribution in [-0.4, -0.2) is 305 Å². The van der Waals surface area contributed by atoms with Crippen LogP contribution >= 0.6 is 0 Å². The molecule has 0 aromatic rings. The molecular formula is C57H90O30. The molecule has 0 radical (unpaired) electrons. The fourth-order valence-corrected chi connectivity index (χ4v) is 13.7. The molecule has 0 aromatic heterocycles. The third kappa shape index (κ3) is 16.4. The van der Waals surface area contributed by atoms with Crippen LogP contribution in [0, 0.1) is 23.7 Å². The van der Waals surface area contributed by atoms with E-state index in [-0.39, 0.29) is 43.9 Å². The molecule has 5 heterocycles. The second kappa shape index (κ2) is 30.9. The van der Waals surface area contributed by atoms with E-state index in [2.05, 4.69) is 0 Å². The van der Waals surface area contributed by atoms with Crippen molar-refractivity contribution in [1.82, 2.24) is 0 Å². The zero-order chi connectivity index (χ0) is 62.5. The Balaban J connectivity index is 0.936. The summed E-state index contributed by atoms with van der Waals surface area (Å²) in [6, 6.07) is 0. The van der Waals surface area contributed by atoms with Crippen molar-refractivity contribution in [3.05, 3.63) is 24.3 Å². The summed E-state index contributed by atoms with van der Waals surface area (Å²) >= 11 is 0. The fourth-order valence-electron chi connectivity index (χ4n) is 13.7. The van der Waals surface area contributed by atoms with E-state index in [9.17, 15) is 91.3 Å². The molecule has 16 N–H and O–H groups in total. The van der Waals surface area contributed by atoms with E-state index in [1.165, 1.54) is 13.2 Å². The number of aliphatic hydroxyl groups is 16. The molecule has 30 nitrogen and oxygen atoms in total. The molecule has 0 amide bonds. The fraction of sp³-hybridized carbons (Fsp3) is 0.895. The maximum absolute atomic E-state index is 13.5. The number of hydrogen-bond acceptors (Lipinski definition) is 30. The van der Waals surface area contributed by atoms with Gasteiger partial charge in [0.05, 0.1) is 80.9 Å². The minimum absolute atomic E-state index is 0.0139. The zero-order valence-corrected chi connectivity index (χ0v) is 48.3. The largest absolute Gasteiger partial charge is 0.460 e. The number of carbonyl (C=O) groups is 2. The molecule has 4 saturated carbocycles. The molecule has 5 aliphatic heterocycles. The predicted octanol–water partition coefficient (Wildman–Crippen LogP) is -5.96. The van der Waals surface area contributed by atoms with Crippen molar-refractivity contribution in [2.45, 2.75) is 261 Å². The molecule has 31 unspecified atom stereocenters. The van der Waals surface area contributed by atoms with Gasteiger partial charge in [-0.3, -0.25) is 0 Å². The van der Waals surface area contributed by atoms with Gasteiger partial charge in [0.15, 0.2) is 31.3 Å². The highest BCUT2D eigenvalue weighted by Crippen LogP contribution is 2.46. The average molecular weight is 1260 g/mol. The van der Waals surface area contributed by atoms with E-state index in [1.807, 2.05) is 0 Å². The van der Waals surface area contributed by atoms with Gasteiger partial charge in [-0.05, 0) is 94.8 Å². The highest BCUT2D eigenvalue weighted by Gasteiger charge is 2.56. The highest BCUT2D eigenvalue weighted by molar-refractivity contribution is 5.82. The normalized spacial score (nSPS) is 49.3. The lowest BCUT2D eigenvalue weighted by molar-refractivity contribution is -0.373. The molecule has 0 bridgehead atoms. The predicted molar refractivity (Wildman–Crippen MR) is 286 cm³/mol. The summed E-state index contributed by atoms with van der Waals surface area (Å²) in [5.74, 6) is -3.48. The summed E-state index contributed by atoms with van der Waals surface area (Å²) in [5, 5.41) is 172. The van der Waals surface area contributed by atoms with Gasteiger partial charge in [-0.15, -0.1) is 0 Å². The van der Waals surface area contributed by atoms with E-state index in [4.69, 9.17) is 56.8 Å². The maximum Gasteiger partial charge on any atom is 0.330 e. The first-order chi connectivity index (χ1) is 41.5. The molecule has 498 valence electrons. The number of aliphatic hydroxyl groups excluding tert-OH is 16. The number of rotatable bonds is 19. The van der Waals surface area contributed by atoms with Crippen molar-refractivity contribution in [2.75, 3.05) is 33.5 Å². The Morgan fingerprint density at radius 1 is 0.471 bits per heavy atom. The van der Waals surface area contributed by atoms with Crippen molar-refractivity contribution in [3.8, 4) is 0 Å². The van der Waals surface area contributed by atoms with Gasteiger partial charge in [-0.1, -0.05) is 12.2 Å². The van der Waals surface area contributed by atoms with Gasteiger partial charge in [0.25, 0.3) is 0 Å². The van der Waals surface area contributed by atoms with E-state index < -0.39 is 228 Å².